The summed E-state index contributed by atoms with van der Waals surface area (Å²) in [4.78, 5) is 20.7. The van der Waals surface area contributed by atoms with Gasteiger partial charge in [-0.05, 0) is 24.3 Å². The Labute approximate surface area is 155 Å². The summed E-state index contributed by atoms with van der Waals surface area (Å²) in [7, 11) is 0. The average Bonchev–Trinajstić information content (AvgIpc) is 3.04. The maximum absolute atomic E-state index is 12.6. The number of carbonyl (C=O) groups is 1. The number of carbonyl (C=O) groups excluding carboxylic acids is 1. The number of benzene rings is 2. The molecule has 1 fully saturated rings. The van der Waals surface area contributed by atoms with Crippen molar-refractivity contribution in [2.24, 2.45) is 0 Å². The fourth-order valence-electron chi connectivity index (χ4n) is 3.22. The lowest BCUT2D eigenvalue weighted by Gasteiger charge is -2.32. The Morgan fingerprint density at radius 2 is 1.84 bits per heavy atom. The molecule has 2 aromatic carbocycles. The Balaban J connectivity index is 1.38. The lowest BCUT2D eigenvalue weighted by Crippen LogP contribution is -3.13. The normalized spacial score (nSPS) is 15.6. The molecule has 25 heavy (non-hydrogen) atoms. The van der Waals surface area contributed by atoms with Crippen LogP contribution in [0.25, 0.3) is 10.2 Å². The van der Waals surface area contributed by atoms with E-state index in [4.69, 9.17) is 16.6 Å². The number of para-hydroxylation sites is 1. The van der Waals surface area contributed by atoms with E-state index in [0.717, 1.165) is 38.2 Å². The highest BCUT2D eigenvalue weighted by molar-refractivity contribution is 7.18. The molecule has 4 rings (SSSR count). The molecular weight excluding hydrogens is 354 g/mol. The summed E-state index contributed by atoms with van der Waals surface area (Å²) in [6.07, 6.45) is 0. The third-order valence-electron chi connectivity index (χ3n) is 4.60. The molecule has 1 aliphatic heterocycles. The Hall–Kier alpha value is -1.95. The van der Waals surface area contributed by atoms with Gasteiger partial charge < -0.3 is 9.80 Å². The predicted molar refractivity (Wildman–Crippen MR) is 101 cm³/mol. The van der Waals surface area contributed by atoms with Gasteiger partial charge >= 0.3 is 0 Å². The molecule has 1 saturated heterocycles. The van der Waals surface area contributed by atoms with E-state index in [-0.39, 0.29) is 5.91 Å². The van der Waals surface area contributed by atoms with Gasteiger partial charge in [0.1, 0.15) is 11.6 Å². The van der Waals surface area contributed by atoms with Crippen LogP contribution >= 0.6 is 22.9 Å². The van der Waals surface area contributed by atoms with Crippen molar-refractivity contribution in [1.82, 2.24) is 9.88 Å². The average molecular weight is 373 g/mol. The van der Waals surface area contributed by atoms with E-state index >= 15 is 0 Å². The third-order valence-corrected chi connectivity index (χ3v) is 5.97. The predicted octanol–water partition coefficient (Wildman–Crippen LogP) is 2.49. The standard InChI is InChI=1S/C19H18ClN3OS/c20-15-6-2-1-5-14(15)19(24)23-11-9-22(10-12-23)13-18-21-16-7-3-4-8-17(16)25-18/h1-8H,9-13H2/p+1. The summed E-state index contributed by atoms with van der Waals surface area (Å²) >= 11 is 7.92. The topological polar surface area (TPSA) is 37.6 Å². The van der Waals surface area contributed by atoms with Crippen LogP contribution in [-0.4, -0.2) is 42.0 Å². The minimum atomic E-state index is 0.0321. The zero-order valence-corrected chi connectivity index (χ0v) is 15.3. The van der Waals surface area contributed by atoms with Gasteiger partial charge in [0.15, 0.2) is 0 Å². The molecule has 1 N–H and O–H groups in total. The van der Waals surface area contributed by atoms with Crippen LogP contribution in [0.15, 0.2) is 48.5 Å². The van der Waals surface area contributed by atoms with Crippen molar-refractivity contribution in [3.63, 3.8) is 0 Å². The number of amides is 1. The van der Waals surface area contributed by atoms with Crippen LogP contribution in [0.1, 0.15) is 15.4 Å². The molecule has 0 aliphatic carbocycles. The van der Waals surface area contributed by atoms with Crippen LogP contribution in [0.2, 0.25) is 5.02 Å². The number of quaternary nitrogens is 1. The SMILES string of the molecule is O=C(c1ccccc1Cl)N1CC[NH+](Cc2nc3ccccc3s2)CC1. The van der Waals surface area contributed by atoms with Crippen molar-refractivity contribution in [1.29, 1.82) is 0 Å². The van der Waals surface area contributed by atoms with Crippen LogP contribution < -0.4 is 4.90 Å². The second-order valence-electron chi connectivity index (χ2n) is 6.27. The summed E-state index contributed by atoms with van der Waals surface area (Å²) in [5.74, 6) is 0.0321. The second kappa shape index (κ2) is 7.12. The molecule has 2 heterocycles. The van der Waals surface area contributed by atoms with Crippen LogP contribution in [0, 0.1) is 0 Å². The maximum Gasteiger partial charge on any atom is 0.255 e. The molecule has 0 saturated carbocycles. The smallest absolute Gasteiger partial charge is 0.255 e. The van der Waals surface area contributed by atoms with Crippen LogP contribution in [0.4, 0.5) is 0 Å². The first-order valence-electron chi connectivity index (χ1n) is 8.42. The Kier molecular flexibility index (Phi) is 4.70. The number of hydrogen-bond donors (Lipinski definition) is 1. The number of fused-ring (bicyclic) bond motifs is 1. The highest BCUT2D eigenvalue weighted by Gasteiger charge is 2.26. The zero-order valence-electron chi connectivity index (χ0n) is 13.7. The maximum atomic E-state index is 12.6. The summed E-state index contributed by atoms with van der Waals surface area (Å²) in [5.41, 5.74) is 1.67. The molecule has 0 radical (unpaired) electrons. The third kappa shape index (κ3) is 3.54. The van der Waals surface area contributed by atoms with E-state index in [9.17, 15) is 4.79 Å². The van der Waals surface area contributed by atoms with Gasteiger partial charge in [-0.25, -0.2) is 4.98 Å². The van der Waals surface area contributed by atoms with Gasteiger partial charge in [-0.1, -0.05) is 35.9 Å². The first-order chi connectivity index (χ1) is 12.2. The molecule has 6 heteroatoms. The molecule has 4 nitrogen and oxygen atoms in total. The largest absolute Gasteiger partial charge is 0.327 e. The van der Waals surface area contributed by atoms with Gasteiger partial charge in [-0.2, -0.15) is 0 Å². The molecule has 1 aliphatic rings. The summed E-state index contributed by atoms with van der Waals surface area (Å²) < 4.78 is 1.24. The number of rotatable bonds is 3. The Bertz CT molecular complexity index is 869. The van der Waals surface area contributed by atoms with Crippen molar-refractivity contribution in [2.45, 2.75) is 6.54 Å². The van der Waals surface area contributed by atoms with Crippen LogP contribution in [-0.2, 0) is 6.54 Å². The quantitative estimate of drug-likeness (QED) is 0.767. The van der Waals surface area contributed by atoms with Crippen LogP contribution in [0.3, 0.4) is 0 Å². The molecular formula is C19H19ClN3OS+. The number of thiazole rings is 1. The van der Waals surface area contributed by atoms with Gasteiger partial charge in [-0.3, -0.25) is 4.79 Å². The van der Waals surface area contributed by atoms with E-state index in [1.54, 1.807) is 23.5 Å². The first kappa shape index (κ1) is 16.5. The van der Waals surface area contributed by atoms with Gasteiger partial charge in [0.25, 0.3) is 5.91 Å². The molecule has 0 atom stereocenters. The highest BCUT2D eigenvalue weighted by atomic mass is 35.5. The van der Waals surface area contributed by atoms with E-state index in [0.29, 0.717) is 10.6 Å². The lowest BCUT2D eigenvalue weighted by atomic mass is 10.2. The van der Waals surface area contributed by atoms with E-state index in [1.165, 1.54) is 14.6 Å². The van der Waals surface area contributed by atoms with Gasteiger partial charge in [-0.15, -0.1) is 11.3 Å². The number of aromatic nitrogens is 1. The fraction of sp³-hybridized carbons (Fsp3) is 0.263. The second-order valence-corrected chi connectivity index (χ2v) is 7.80. The number of hydrogen-bond acceptors (Lipinski definition) is 3. The van der Waals surface area contributed by atoms with E-state index in [1.807, 2.05) is 23.1 Å². The molecule has 0 spiro atoms. The monoisotopic (exact) mass is 372 g/mol. The van der Waals surface area contributed by atoms with Gasteiger partial charge in [0.05, 0.1) is 47.0 Å². The minimum Gasteiger partial charge on any atom is -0.327 e. The molecule has 128 valence electrons. The van der Waals surface area contributed by atoms with E-state index in [2.05, 4.69) is 18.2 Å². The van der Waals surface area contributed by atoms with Crippen molar-refractivity contribution in [3.8, 4) is 0 Å². The van der Waals surface area contributed by atoms with Gasteiger partial charge in [0.2, 0.25) is 0 Å². The Morgan fingerprint density at radius 3 is 2.60 bits per heavy atom. The van der Waals surface area contributed by atoms with Crippen molar-refractivity contribution in [3.05, 3.63) is 64.1 Å². The number of nitrogens with one attached hydrogen (secondary N) is 1. The fourth-order valence-corrected chi connectivity index (χ4v) is 4.47. The number of piperazine rings is 1. The number of nitrogens with zero attached hydrogens (tertiary/aromatic N) is 2. The van der Waals surface area contributed by atoms with Gasteiger partial charge in [0, 0.05) is 0 Å². The van der Waals surface area contributed by atoms with Crippen molar-refractivity contribution in [2.75, 3.05) is 26.2 Å². The summed E-state index contributed by atoms with van der Waals surface area (Å²) in [6, 6.07) is 15.5. The summed E-state index contributed by atoms with van der Waals surface area (Å²) in [5, 5.41) is 1.69. The molecule has 1 amide bonds. The first-order valence-corrected chi connectivity index (χ1v) is 9.62. The van der Waals surface area contributed by atoms with Crippen molar-refractivity contribution < 1.29 is 9.69 Å². The lowest BCUT2D eigenvalue weighted by molar-refractivity contribution is -0.917. The van der Waals surface area contributed by atoms with E-state index < -0.39 is 0 Å². The highest BCUT2D eigenvalue weighted by Crippen LogP contribution is 2.21. The molecule has 0 unspecified atom stereocenters. The molecule has 3 aromatic rings. The zero-order chi connectivity index (χ0) is 17.2. The number of halogens is 1. The molecule has 1 aromatic heterocycles. The van der Waals surface area contributed by atoms with Crippen LogP contribution in [0.5, 0.6) is 0 Å². The summed E-state index contributed by atoms with van der Waals surface area (Å²) in [6.45, 7) is 4.31. The minimum absolute atomic E-state index is 0.0321. The Morgan fingerprint density at radius 1 is 1.12 bits per heavy atom. The molecule has 0 bridgehead atoms. The van der Waals surface area contributed by atoms with Crippen molar-refractivity contribution >= 4 is 39.1 Å².